The van der Waals surface area contributed by atoms with Crippen LogP contribution in [-0.2, 0) is 14.3 Å². The number of hydrogen-bond acceptors (Lipinski definition) is 5. The minimum atomic E-state index is -0.678. The van der Waals surface area contributed by atoms with Crippen molar-refractivity contribution in [3.8, 4) is 0 Å². The van der Waals surface area contributed by atoms with E-state index in [-0.39, 0.29) is 35.8 Å². The van der Waals surface area contributed by atoms with Crippen molar-refractivity contribution in [3.63, 3.8) is 0 Å². The third-order valence-electron chi connectivity index (χ3n) is 9.07. The molecular weight excluding hydrogens is 597 g/mol. The van der Waals surface area contributed by atoms with E-state index in [0.29, 0.717) is 38.7 Å². The molecule has 2 atom stereocenters. The van der Waals surface area contributed by atoms with E-state index in [1.807, 2.05) is 17.0 Å². The van der Waals surface area contributed by atoms with Crippen molar-refractivity contribution in [2.45, 2.75) is 85.4 Å². The molecule has 9 heteroatoms. The number of hydrogen-bond donors (Lipinski definition) is 1. The van der Waals surface area contributed by atoms with Crippen LogP contribution in [0.4, 0.5) is 0 Å². The molecule has 44 heavy (non-hydrogen) atoms. The first-order valence-corrected chi connectivity index (χ1v) is 16.3. The Bertz CT molecular complexity index is 1390. The summed E-state index contributed by atoms with van der Waals surface area (Å²) in [5.74, 6) is -0.392. The van der Waals surface area contributed by atoms with Gasteiger partial charge in [0.25, 0.3) is 11.8 Å². The molecule has 0 bridgehead atoms. The molecule has 0 saturated heterocycles. The molecule has 1 aliphatic carbocycles. The number of carbonyl (C=O) groups excluding carboxylic acids is 3. The second kappa shape index (κ2) is 13.6. The molecule has 0 aromatic heterocycles. The van der Waals surface area contributed by atoms with Crippen molar-refractivity contribution >= 4 is 46.7 Å². The number of nitrogens with zero attached hydrogens (tertiary/aromatic N) is 2. The van der Waals surface area contributed by atoms with Gasteiger partial charge in [-0.25, -0.2) is 0 Å². The molecule has 0 unspecified atom stereocenters. The first-order valence-electron chi connectivity index (χ1n) is 15.5. The molecule has 2 aromatic rings. The van der Waals surface area contributed by atoms with E-state index in [2.05, 4.69) is 39.9 Å². The Morgan fingerprint density at radius 2 is 1.64 bits per heavy atom. The van der Waals surface area contributed by atoms with E-state index in [0.717, 1.165) is 37.7 Å². The summed E-state index contributed by atoms with van der Waals surface area (Å²) in [6, 6.07) is 12.3. The van der Waals surface area contributed by atoms with Gasteiger partial charge in [0.05, 0.1) is 19.1 Å². The lowest BCUT2D eigenvalue weighted by molar-refractivity contribution is -0.144. The van der Waals surface area contributed by atoms with Gasteiger partial charge in [-0.3, -0.25) is 19.4 Å². The van der Waals surface area contributed by atoms with Gasteiger partial charge in [0.15, 0.2) is 0 Å². The van der Waals surface area contributed by atoms with Crippen LogP contribution >= 0.6 is 23.2 Å². The van der Waals surface area contributed by atoms with E-state index >= 15 is 0 Å². The van der Waals surface area contributed by atoms with Crippen LogP contribution in [-0.4, -0.2) is 47.7 Å². The molecule has 1 N–H and O–H groups in total. The molecule has 2 amide bonds. The number of nitrogens with one attached hydrogen (secondary N) is 1. The summed E-state index contributed by atoms with van der Waals surface area (Å²) in [4.78, 5) is 46.4. The molecule has 7 nitrogen and oxygen atoms in total. The predicted molar refractivity (Wildman–Crippen MR) is 176 cm³/mol. The maximum absolute atomic E-state index is 14.5. The monoisotopic (exact) mass is 641 g/mol. The fraction of sp³-hybridized carbons (Fsp3) is 0.543. The highest BCUT2D eigenvalue weighted by Gasteiger charge is 2.52. The van der Waals surface area contributed by atoms with Crippen molar-refractivity contribution in [2.75, 3.05) is 13.7 Å². The Morgan fingerprint density at radius 1 is 1.05 bits per heavy atom. The van der Waals surface area contributed by atoms with Gasteiger partial charge in [-0.05, 0) is 85.3 Å². The zero-order chi connectivity index (χ0) is 32.4. The topological polar surface area (TPSA) is 88.1 Å². The van der Waals surface area contributed by atoms with Crippen molar-refractivity contribution in [3.05, 3.63) is 69.2 Å². The maximum atomic E-state index is 14.5. The summed E-state index contributed by atoms with van der Waals surface area (Å²) in [6.07, 6.45) is 4.21. The smallest absolute Gasteiger partial charge is 0.310 e. The zero-order valence-electron chi connectivity index (χ0n) is 26.9. The van der Waals surface area contributed by atoms with Crippen LogP contribution in [0.5, 0.6) is 0 Å². The van der Waals surface area contributed by atoms with Gasteiger partial charge in [-0.15, -0.1) is 0 Å². The Hall–Kier alpha value is -2.90. The average molecular weight is 643 g/mol. The first-order chi connectivity index (χ1) is 20.6. The van der Waals surface area contributed by atoms with Crippen LogP contribution < -0.4 is 5.32 Å². The van der Waals surface area contributed by atoms with Gasteiger partial charge < -0.3 is 15.0 Å². The lowest BCUT2D eigenvalue weighted by Gasteiger charge is -2.47. The summed E-state index contributed by atoms with van der Waals surface area (Å²) in [5, 5.41) is 3.73. The van der Waals surface area contributed by atoms with Crippen molar-refractivity contribution in [1.29, 1.82) is 0 Å². The quantitative estimate of drug-likeness (QED) is 0.282. The molecule has 1 spiro atoms. The summed E-state index contributed by atoms with van der Waals surface area (Å²) < 4.78 is 4.75. The fourth-order valence-corrected chi connectivity index (χ4v) is 7.07. The average Bonchev–Trinajstić information content (AvgIpc) is 3.24. The van der Waals surface area contributed by atoms with Gasteiger partial charge in [0.1, 0.15) is 11.4 Å². The fourth-order valence-electron chi connectivity index (χ4n) is 6.55. The lowest BCUT2D eigenvalue weighted by Crippen LogP contribution is -2.51. The molecule has 1 saturated carbocycles. The molecule has 1 aliphatic heterocycles. The third kappa shape index (κ3) is 7.48. The van der Waals surface area contributed by atoms with Gasteiger partial charge in [0, 0.05) is 27.7 Å². The first kappa shape index (κ1) is 34.0. The number of ether oxygens (including phenoxy) is 1. The highest BCUT2D eigenvalue weighted by Crippen LogP contribution is 2.50. The maximum Gasteiger partial charge on any atom is 0.310 e. The van der Waals surface area contributed by atoms with Crippen LogP contribution in [0.15, 0.2) is 47.5 Å². The normalized spacial score (nSPS) is 21.8. The Labute approximate surface area is 271 Å². The van der Waals surface area contributed by atoms with E-state index in [4.69, 9.17) is 32.9 Å². The molecule has 0 radical (unpaired) electrons. The van der Waals surface area contributed by atoms with Crippen molar-refractivity contribution < 1.29 is 19.1 Å². The number of rotatable bonds is 9. The number of amides is 2. The Morgan fingerprint density at radius 3 is 2.16 bits per heavy atom. The SMILES string of the molecule is COC(=O)[C@@H](C)CNC(=O)c1ccc([C@@H](CC(C)C)N2C(=O)C(c3cc(Cl)cc(Cl)c3)=NC23CCC(C(C)(C)C)CC3)cc1. The lowest BCUT2D eigenvalue weighted by atomic mass is 9.69. The van der Waals surface area contributed by atoms with E-state index in [1.54, 1.807) is 37.3 Å². The van der Waals surface area contributed by atoms with Gasteiger partial charge in [-0.2, -0.15) is 0 Å². The number of aliphatic imine (C=N–C) groups is 1. The third-order valence-corrected chi connectivity index (χ3v) is 9.51. The number of halogens is 2. The minimum absolute atomic E-state index is 0.123. The summed E-state index contributed by atoms with van der Waals surface area (Å²) in [6.45, 7) is 13.0. The molecule has 4 rings (SSSR count). The molecule has 1 heterocycles. The van der Waals surface area contributed by atoms with Gasteiger partial charge in [0.2, 0.25) is 0 Å². The van der Waals surface area contributed by atoms with Gasteiger partial charge >= 0.3 is 5.97 Å². The number of carbonyl (C=O) groups is 3. The summed E-state index contributed by atoms with van der Waals surface area (Å²) in [5.41, 5.74) is 1.95. The van der Waals surface area contributed by atoms with Crippen LogP contribution in [0, 0.1) is 23.2 Å². The van der Waals surface area contributed by atoms with Crippen LogP contribution in [0.3, 0.4) is 0 Å². The molecule has 2 aliphatic rings. The summed E-state index contributed by atoms with van der Waals surface area (Å²) in [7, 11) is 1.33. The predicted octanol–water partition coefficient (Wildman–Crippen LogP) is 7.88. The van der Waals surface area contributed by atoms with E-state index < -0.39 is 11.6 Å². The zero-order valence-corrected chi connectivity index (χ0v) is 28.4. The van der Waals surface area contributed by atoms with Crippen LogP contribution in [0.1, 0.15) is 101 Å². The number of esters is 1. The molecular formula is C35H45Cl2N3O4. The second-order valence-corrected chi connectivity index (χ2v) is 14.7. The highest BCUT2D eigenvalue weighted by atomic mass is 35.5. The van der Waals surface area contributed by atoms with Crippen molar-refractivity contribution in [2.24, 2.45) is 28.2 Å². The minimum Gasteiger partial charge on any atom is -0.469 e. The largest absolute Gasteiger partial charge is 0.469 e. The molecule has 1 fully saturated rings. The molecule has 238 valence electrons. The molecule has 2 aromatic carbocycles. The highest BCUT2D eigenvalue weighted by molar-refractivity contribution is 6.47. The standard InChI is InChI=1S/C35H45Cl2N3O4/c1-21(2)16-29(23-8-10-24(11-9-23)31(41)38-20-22(3)33(43)44-7)40-32(42)30(25-17-27(36)19-28(37)18-25)39-35(40)14-12-26(13-15-35)34(4,5)6/h8-11,17-19,21-22,26,29H,12-16,20H2,1-7H3,(H,38,41)/t22-,26?,29+,35?/m0/s1. The van der Waals surface area contributed by atoms with Crippen molar-refractivity contribution in [1.82, 2.24) is 10.2 Å². The van der Waals surface area contributed by atoms with E-state index in [1.165, 1.54) is 7.11 Å². The van der Waals surface area contributed by atoms with Crippen LogP contribution in [0.2, 0.25) is 10.0 Å². The van der Waals surface area contributed by atoms with Gasteiger partial charge in [-0.1, -0.05) is 76.9 Å². The Kier molecular flexibility index (Phi) is 10.5. The number of benzene rings is 2. The second-order valence-electron chi connectivity index (χ2n) is 13.8. The Balaban J connectivity index is 1.69. The van der Waals surface area contributed by atoms with E-state index in [9.17, 15) is 14.4 Å². The van der Waals surface area contributed by atoms with Crippen LogP contribution in [0.25, 0.3) is 0 Å². The number of methoxy groups -OCH3 is 1. The summed E-state index contributed by atoms with van der Waals surface area (Å²) >= 11 is 12.7.